The van der Waals surface area contributed by atoms with Crippen molar-refractivity contribution in [2.45, 2.75) is 57.0 Å². The number of carbonyl (C=O) groups is 1. The quantitative estimate of drug-likeness (QED) is 0.776. The number of amides is 1. The Morgan fingerprint density at radius 2 is 1.71 bits per heavy atom. The highest BCUT2D eigenvalue weighted by atomic mass is 16.5. The molecule has 4 nitrogen and oxygen atoms in total. The van der Waals surface area contributed by atoms with E-state index in [0.717, 1.165) is 26.1 Å². The van der Waals surface area contributed by atoms with E-state index >= 15 is 0 Å². The van der Waals surface area contributed by atoms with Gasteiger partial charge in [0.2, 0.25) is 5.91 Å². The van der Waals surface area contributed by atoms with E-state index in [1.165, 1.54) is 32.1 Å². The third-order valence-corrected chi connectivity index (χ3v) is 3.74. The van der Waals surface area contributed by atoms with Gasteiger partial charge >= 0.3 is 0 Å². The molecule has 2 fully saturated rings. The van der Waals surface area contributed by atoms with Crippen LogP contribution in [0.4, 0.5) is 0 Å². The first kappa shape index (κ1) is 12.8. The summed E-state index contributed by atoms with van der Waals surface area (Å²) in [5.41, 5.74) is 0. The number of carbonyl (C=O) groups excluding carboxylic acids is 1. The minimum atomic E-state index is 0.141. The van der Waals surface area contributed by atoms with E-state index in [2.05, 4.69) is 10.6 Å². The predicted molar refractivity (Wildman–Crippen MR) is 66.9 cm³/mol. The standard InChI is InChI=1S/C13H24N2O2/c16-13(15-12-6-8-17-9-7-12)10-14-11-4-2-1-3-5-11/h11-12,14H,1-10H2,(H,15,16). The molecular weight excluding hydrogens is 216 g/mol. The minimum absolute atomic E-state index is 0.141. The summed E-state index contributed by atoms with van der Waals surface area (Å²) >= 11 is 0. The molecule has 4 heteroatoms. The first-order valence-electron chi connectivity index (χ1n) is 6.95. The molecule has 0 aromatic heterocycles. The molecule has 2 rings (SSSR count). The smallest absolute Gasteiger partial charge is 0.234 e. The lowest BCUT2D eigenvalue weighted by Crippen LogP contribution is -2.45. The molecule has 1 saturated heterocycles. The van der Waals surface area contributed by atoms with Gasteiger partial charge in [-0.15, -0.1) is 0 Å². The zero-order valence-corrected chi connectivity index (χ0v) is 10.5. The van der Waals surface area contributed by atoms with Crippen molar-refractivity contribution in [3.8, 4) is 0 Å². The Labute approximate surface area is 103 Å². The van der Waals surface area contributed by atoms with Crippen LogP contribution < -0.4 is 10.6 Å². The molecule has 0 radical (unpaired) electrons. The Morgan fingerprint density at radius 3 is 2.41 bits per heavy atom. The fraction of sp³-hybridized carbons (Fsp3) is 0.923. The van der Waals surface area contributed by atoms with Gasteiger partial charge in [-0.3, -0.25) is 4.79 Å². The average molecular weight is 240 g/mol. The minimum Gasteiger partial charge on any atom is -0.381 e. The van der Waals surface area contributed by atoms with Crippen LogP contribution in [0.1, 0.15) is 44.9 Å². The fourth-order valence-corrected chi connectivity index (χ4v) is 2.66. The molecule has 2 N–H and O–H groups in total. The van der Waals surface area contributed by atoms with Crippen LogP contribution in [0, 0.1) is 0 Å². The van der Waals surface area contributed by atoms with Gasteiger partial charge in [0.05, 0.1) is 6.54 Å². The highest BCUT2D eigenvalue weighted by Gasteiger charge is 2.17. The zero-order chi connectivity index (χ0) is 11.9. The van der Waals surface area contributed by atoms with E-state index in [0.29, 0.717) is 18.6 Å². The van der Waals surface area contributed by atoms with Gasteiger partial charge in [0, 0.05) is 25.3 Å². The van der Waals surface area contributed by atoms with Gasteiger partial charge in [-0.25, -0.2) is 0 Å². The molecule has 0 aromatic carbocycles. The van der Waals surface area contributed by atoms with Crippen LogP contribution in [0.2, 0.25) is 0 Å². The molecule has 0 unspecified atom stereocenters. The maximum absolute atomic E-state index is 11.7. The average Bonchev–Trinajstić information content (AvgIpc) is 2.39. The second-order valence-electron chi connectivity index (χ2n) is 5.17. The van der Waals surface area contributed by atoms with Gasteiger partial charge in [-0.05, 0) is 25.7 Å². The van der Waals surface area contributed by atoms with Crippen molar-refractivity contribution in [2.75, 3.05) is 19.8 Å². The van der Waals surface area contributed by atoms with E-state index in [4.69, 9.17) is 4.74 Å². The van der Waals surface area contributed by atoms with Crippen LogP contribution in [-0.2, 0) is 9.53 Å². The van der Waals surface area contributed by atoms with Gasteiger partial charge < -0.3 is 15.4 Å². The summed E-state index contributed by atoms with van der Waals surface area (Å²) in [6.07, 6.45) is 8.32. The number of ether oxygens (including phenoxy) is 1. The van der Waals surface area contributed by atoms with Crippen LogP contribution in [0.25, 0.3) is 0 Å². The summed E-state index contributed by atoms with van der Waals surface area (Å²) in [7, 11) is 0. The lowest BCUT2D eigenvalue weighted by atomic mass is 9.95. The summed E-state index contributed by atoms with van der Waals surface area (Å²) in [6, 6.07) is 0.883. The molecule has 0 bridgehead atoms. The SMILES string of the molecule is O=C(CNC1CCCCC1)NC1CCOCC1. The number of nitrogens with one attached hydrogen (secondary N) is 2. The third-order valence-electron chi connectivity index (χ3n) is 3.74. The lowest BCUT2D eigenvalue weighted by Gasteiger charge is -2.25. The Hall–Kier alpha value is -0.610. The largest absolute Gasteiger partial charge is 0.381 e. The topological polar surface area (TPSA) is 50.4 Å². The second kappa shape index (κ2) is 6.97. The van der Waals surface area contributed by atoms with Crippen LogP contribution in [0.3, 0.4) is 0 Å². The Morgan fingerprint density at radius 1 is 1.00 bits per heavy atom. The van der Waals surface area contributed by atoms with Gasteiger partial charge in [-0.2, -0.15) is 0 Å². The van der Waals surface area contributed by atoms with E-state index in [-0.39, 0.29) is 5.91 Å². The molecule has 1 saturated carbocycles. The Balaban J connectivity index is 1.59. The summed E-state index contributed by atoms with van der Waals surface area (Å²) < 4.78 is 5.27. The number of rotatable bonds is 4. The van der Waals surface area contributed by atoms with Crippen LogP contribution in [-0.4, -0.2) is 37.7 Å². The molecule has 1 aliphatic carbocycles. The van der Waals surface area contributed by atoms with Crippen molar-refractivity contribution < 1.29 is 9.53 Å². The molecule has 2 aliphatic rings. The Kier molecular flexibility index (Phi) is 5.26. The molecule has 17 heavy (non-hydrogen) atoms. The van der Waals surface area contributed by atoms with Crippen molar-refractivity contribution in [1.82, 2.24) is 10.6 Å². The normalized spacial score (nSPS) is 23.5. The fourth-order valence-electron chi connectivity index (χ4n) is 2.66. The summed E-state index contributed by atoms with van der Waals surface area (Å²) in [5.74, 6) is 0.141. The molecule has 98 valence electrons. The summed E-state index contributed by atoms with van der Waals surface area (Å²) in [5, 5.41) is 6.44. The lowest BCUT2D eigenvalue weighted by molar-refractivity contribution is -0.121. The molecule has 0 aromatic rings. The zero-order valence-electron chi connectivity index (χ0n) is 10.5. The van der Waals surface area contributed by atoms with Crippen molar-refractivity contribution in [3.63, 3.8) is 0 Å². The summed E-state index contributed by atoms with van der Waals surface area (Å²) in [4.78, 5) is 11.7. The summed E-state index contributed by atoms with van der Waals surface area (Å²) in [6.45, 7) is 2.03. The van der Waals surface area contributed by atoms with E-state index in [1.807, 2.05) is 0 Å². The maximum atomic E-state index is 11.7. The molecule has 0 atom stereocenters. The Bertz CT molecular complexity index is 234. The van der Waals surface area contributed by atoms with E-state index in [9.17, 15) is 4.79 Å². The van der Waals surface area contributed by atoms with Crippen LogP contribution in [0.15, 0.2) is 0 Å². The van der Waals surface area contributed by atoms with Crippen LogP contribution >= 0.6 is 0 Å². The first-order chi connectivity index (χ1) is 8.34. The highest BCUT2D eigenvalue weighted by Crippen LogP contribution is 2.17. The van der Waals surface area contributed by atoms with Gasteiger partial charge in [0.25, 0.3) is 0 Å². The van der Waals surface area contributed by atoms with Crippen molar-refractivity contribution in [3.05, 3.63) is 0 Å². The number of hydrogen-bond acceptors (Lipinski definition) is 3. The first-order valence-corrected chi connectivity index (χ1v) is 6.95. The molecule has 1 aliphatic heterocycles. The monoisotopic (exact) mass is 240 g/mol. The molecule has 0 spiro atoms. The number of hydrogen-bond donors (Lipinski definition) is 2. The predicted octanol–water partition coefficient (Wildman–Crippen LogP) is 1.20. The second-order valence-corrected chi connectivity index (χ2v) is 5.17. The van der Waals surface area contributed by atoms with Crippen molar-refractivity contribution in [1.29, 1.82) is 0 Å². The van der Waals surface area contributed by atoms with E-state index in [1.54, 1.807) is 0 Å². The van der Waals surface area contributed by atoms with E-state index < -0.39 is 0 Å². The van der Waals surface area contributed by atoms with Crippen molar-refractivity contribution >= 4 is 5.91 Å². The van der Waals surface area contributed by atoms with Gasteiger partial charge in [0.15, 0.2) is 0 Å². The molecular formula is C13H24N2O2. The van der Waals surface area contributed by atoms with Gasteiger partial charge in [0.1, 0.15) is 0 Å². The van der Waals surface area contributed by atoms with Crippen molar-refractivity contribution in [2.24, 2.45) is 0 Å². The molecule has 1 amide bonds. The maximum Gasteiger partial charge on any atom is 0.234 e. The van der Waals surface area contributed by atoms with Gasteiger partial charge in [-0.1, -0.05) is 19.3 Å². The van der Waals surface area contributed by atoms with Crippen LogP contribution in [0.5, 0.6) is 0 Å². The molecule has 1 heterocycles. The third kappa shape index (κ3) is 4.64. The highest BCUT2D eigenvalue weighted by molar-refractivity contribution is 5.78.